The van der Waals surface area contributed by atoms with Gasteiger partial charge in [-0.3, -0.25) is 4.98 Å². The second-order valence-corrected chi connectivity index (χ2v) is 4.83. The Kier molecular flexibility index (Phi) is 4.95. The second-order valence-electron chi connectivity index (χ2n) is 4.83. The summed E-state index contributed by atoms with van der Waals surface area (Å²) in [5.74, 6) is 0.874. The first-order chi connectivity index (χ1) is 8.36. The van der Waals surface area contributed by atoms with Crippen LogP contribution >= 0.6 is 0 Å². The summed E-state index contributed by atoms with van der Waals surface area (Å²) in [6.45, 7) is 5.04. The van der Waals surface area contributed by atoms with Crippen molar-refractivity contribution < 1.29 is 4.74 Å². The number of hydrogen-bond acceptors (Lipinski definition) is 3. The van der Waals surface area contributed by atoms with Crippen LogP contribution in [0, 0.1) is 5.92 Å². The van der Waals surface area contributed by atoms with Crippen LogP contribution in [0.2, 0.25) is 0 Å². The molecule has 1 aromatic rings. The number of pyridine rings is 1. The van der Waals surface area contributed by atoms with Gasteiger partial charge in [0.1, 0.15) is 0 Å². The highest BCUT2D eigenvalue weighted by molar-refractivity contribution is 5.13. The van der Waals surface area contributed by atoms with E-state index in [0.717, 1.165) is 32.1 Å². The van der Waals surface area contributed by atoms with E-state index in [9.17, 15) is 0 Å². The van der Waals surface area contributed by atoms with E-state index in [4.69, 9.17) is 4.74 Å². The van der Waals surface area contributed by atoms with Crippen LogP contribution in [0.25, 0.3) is 0 Å². The van der Waals surface area contributed by atoms with E-state index >= 15 is 0 Å². The van der Waals surface area contributed by atoms with Gasteiger partial charge in [-0.1, -0.05) is 0 Å². The van der Waals surface area contributed by atoms with Gasteiger partial charge in [-0.15, -0.1) is 0 Å². The molecule has 1 fully saturated rings. The molecule has 3 heteroatoms. The molecule has 17 heavy (non-hydrogen) atoms. The van der Waals surface area contributed by atoms with Crippen molar-refractivity contribution in [3.63, 3.8) is 0 Å². The maximum absolute atomic E-state index is 5.60. The van der Waals surface area contributed by atoms with Gasteiger partial charge in [0.25, 0.3) is 0 Å². The highest BCUT2D eigenvalue weighted by atomic mass is 16.5. The van der Waals surface area contributed by atoms with Crippen molar-refractivity contribution in [2.45, 2.75) is 32.2 Å². The molecule has 0 aromatic carbocycles. The quantitative estimate of drug-likeness (QED) is 0.702. The first-order valence-electron chi connectivity index (χ1n) is 6.57. The Labute approximate surface area is 104 Å². The van der Waals surface area contributed by atoms with E-state index in [-0.39, 0.29) is 0 Å². The summed E-state index contributed by atoms with van der Waals surface area (Å²) in [5, 5.41) is 3.49. The molecule has 94 valence electrons. The normalized spacial score (nSPS) is 17.0. The van der Waals surface area contributed by atoms with Gasteiger partial charge in [-0.2, -0.15) is 0 Å². The van der Waals surface area contributed by atoms with Gasteiger partial charge < -0.3 is 10.1 Å². The molecule has 1 heterocycles. The zero-order chi connectivity index (χ0) is 11.9. The summed E-state index contributed by atoms with van der Waals surface area (Å²) in [5.41, 5.74) is 1.29. The molecule has 1 N–H and O–H groups in total. The SMILES string of the molecule is CC(NCCCOCC1CC1)c1ccncc1. The zero-order valence-corrected chi connectivity index (χ0v) is 10.6. The lowest BCUT2D eigenvalue weighted by atomic mass is 10.1. The lowest BCUT2D eigenvalue weighted by Crippen LogP contribution is -2.21. The standard InChI is InChI=1S/C14H22N2O/c1-12(14-5-8-15-9-6-14)16-7-2-10-17-11-13-3-4-13/h5-6,8-9,12-13,16H,2-4,7,10-11H2,1H3. The third-order valence-corrected chi connectivity index (χ3v) is 3.17. The average molecular weight is 234 g/mol. The Balaban J connectivity index is 1.52. The molecule has 1 saturated carbocycles. The van der Waals surface area contributed by atoms with Crippen molar-refractivity contribution in [1.82, 2.24) is 10.3 Å². The largest absolute Gasteiger partial charge is 0.381 e. The molecule has 1 aliphatic rings. The van der Waals surface area contributed by atoms with Gasteiger partial charge in [-0.25, -0.2) is 0 Å². The van der Waals surface area contributed by atoms with Crippen LogP contribution in [0.3, 0.4) is 0 Å². The Bertz CT molecular complexity index is 311. The van der Waals surface area contributed by atoms with E-state index in [0.29, 0.717) is 6.04 Å². The van der Waals surface area contributed by atoms with Gasteiger partial charge in [0.05, 0.1) is 0 Å². The Morgan fingerprint density at radius 3 is 2.88 bits per heavy atom. The topological polar surface area (TPSA) is 34.1 Å². The van der Waals surface area contributed by atoms with Crippen molar-refractivity contribution >= 4 is 0 Å². The first-order valence-corrected chi connectivity index (χ1v) is 6.57. The van der Waals surface area contributed by atoms with E-state index in [1.165, 1.54) is 18.4 Å². The molecule has 3 nitrogen and oxygen atoms in total. The molecular weight excluding hydrogens is 212 g/mol. The molecule has 1 aromatic heterocycles. The van der Waals surface area contributed by atoms with Gasteiger partial charge in [-0.05, 0) is 56.3 Å². The van der Waals surface area contributed by atoms with Crippen LogP contribution in [0.5, 0.6) is 0 Å². The molecule has 0 saturated heterocycles. The average Bonchev–Trinajstić information content (AvgIpc) is 3.18. The van der Waals surface area contributed by atoms with Gasteiger partial charge in [0, 0.05) is 31.6 Å². The third kappa shape index (κ3) is 4.84. The molecule has 0 amide bonds. The molecule has 0 radical (unpaired) electrons. The predicted molar refractivity (Wildman–Crippen MR) is 68.8 cm³/mol. The Hall–Kier alpha value is -0.930. The van der Waals surface area contributed by atoms with Crippen LogP contribution in [0.4, 0.5) is 0 Å². The van der Waals surface area contributed by atoms with E-state index in [2.05, 4.69) is 29.4 Å². The van der Waals surface area contributed by atoms with E-state index in [1.54, 1.807) is 0 Å². The van der Waals surface area contributed by atoms with Crippen molar-refractivity contribution in [3.05, 3.63) is 30.1 Å². The fraction of sp³-hybridized carbons (Fsp3) is 0.643. The highest BCUT2D eigenvalue weighted by Crippen LogP contribution is 2.28. The van der Waals surface area contributed by atoms with Crippen LogP contribution in [0.15, 0.2) is 24.5 Å². The lowest BCUT2D eigenvalue weighted by Gasteiger charge is -2.13. The van der Waals surface area contributed by atoms with Crippen molar-refractivity contribution in [2.24, 2.45) is 5.92 Å². The number of nitrogens with zero attached hydrogens (tertiary/aromatic N) is 1. The maximum atomic E-state index is 5.60. The Morgan fingerprint density at radius 1 is 1.41 bits per heavy atom. The van der Waals surface area contributed by atoms with Crippen molar-refractivity contribution in [3.8, 4) is 0 Å². The summed E-state index contributed by atoms with van der Waals surface area (Å²) in [7, 11) is 0. The van der Waals surface area contributed by atoms with Crippen LogP contribution in [-0.4, -0.2) is 24.7 Å². The van der Waals surface area contributed by atoms with Gasteiger partial charge in [0.15, 0.2) is 0 Å². The highest BCUT2D eigenvalue weighted by Gasteiger charge is 2.20. The fourth-order valence-corrected chi connectivity index (χ4v) is 1.80. The molecule has 1 aliphatic carbocycles. The number of rotatable bonds is 8. The summed E-state index contributed by atoms with van der Waals surface area (Å²) in [4.78, 5) is 4.02. The molecular formula is C14H22N2O. The molecule has 1 atom stereocenters. The maximum Gasteiger partial charge on any atom is 0.0494 e. The van der Waals surface area contributed by atoms with E-state index in [1.807, 2.05) is 12.4 Å². The molecule has 0 aliphatic heterocycles. The summed E-state index contributed by atoms with van der Waals surface area (Å²) in [6, 6.07) is 4.50. The van der Waals surface area contributed by atoms with Crippen molar-refractivity contribution in [2.75, 3.05) is 19.8 Å². The predicted octanol–water partition coefficient (Wildman–Crippen LogP) is 2.55. The lowest BCUT2D eigenvalue weighted by molar-refractivity contribution is 0.121. The molecule has 1 unspecified atom stereocenters. The van der Waals surface area contributed by atoms with Crippen molar-refractivity contribution in [1.29, 1.82) is 0 Å². The van der Waals surface area contributed by atoms with Gasteiger partial charge >= 0.3 is 0 Å². The van der Waals surface area contributed by atoms with Gasteiger partial charge in [0.2, 0.25) is 0 Å². The molecule has 2 rings (SSSR count). The summed E-state index contributed by atoms with van der Waals surface area (Å²) in [6.07, 6.45) is 7.51. The Morgan fingerprint density at radius 2 is 2.18 bits per heavy atom. The zero-order valence-electron chi connectivity index (χ0n) is 10.6. The van der Waals surface area contributed by atoms with Crippen LogP contribution < -0.4 is 5.32 Å². The fourth-order valence-electron chi connectivity index (χ4n) is 1.80. The van der Waals surface area contributed by atoms with E-state index < -0.39 is 0 Å². The smallest absolute Gasteiger partial charge is 0.0494 e. The van der Waals surface area contributed by atoms with Crippen LogP contribution in [0.1, 0.15) is 37.8 Å². The second kappa shape index (κ2) is 6.72. The summed E-state index contributed by atoms with van der Waals surface area (Å²) >= 11 is 0. The minimum Gasteiger partial charge on any atom is -0.381 e. The number of ether oxygens (including phenoxy) is 1. The first kappa shape index (κ1) is 12.5. The molecule has 0 bridgehead atoms. The number of aromatic nitrogens is 1. The minimum atomic E-state index is 0.390. The monoisotopic (exact) mass is 234 g/mol. The third-order valence-electron chi connectivity index (χ3n) is 3.17. The van der Waals surface area contributed by atoms with Crippen LogP contribution in [-0.2, 0) is 4.74 Å². The number of hydrogen-bond donors (Lipinski definition) is 1. The molecule has 0 spiro atoms. The summed E-state index contributed by atoms with van der Waals surface area (Å²) < 4.78 is 5.60. The minimum absolute atomic E-state index is 0.390. The number of nitrogens with one attached hydrogen (secondary N) is 1.